The summed E-state index contributed by atoms with van der Waals surface area (Å²) >= 11 is 1.67. The fraction of sp³-hybridized carbons (Fsp3) is 0.174. The zero-order valence-electron chi connectivity index (χ0n) is 15.3. The lowest BCUT2D eigenvalue weighted by molar-refractivity contribution is 0.0754. The molecule has 0 radical (unpaired) electrons. The molecular formula is C23H20FNO2S. The zero-order valence-corrected chi connectivity index (χ0v) is 16.1. The summed E-state index contributed by atoms with van der Waals surface area (Å²) in [5.74, 6) is 0.775. The first-order valence-corrected chi connectivity index (χ1v) is 10.2. The van der Waals surface area contributed by atoms with Gasteiger partial charge in [-0.2, -0.15) is 0 Å². The molecule has 3 aromatic rings. The number of ether oxygens (including phenoxy) is 1. The highest BCUT2D eigenvalue weighted by Crippen LogP contribution is 2.42. The first-order valence-electron chi connectivity index (χ1n) is 9.17. The van der Waals surface area contributed by atoms with Crippen molar-refractivity contribution in [2.75, 3.05) is 12.3 Å². The third-order valence-electron chi connectivity index (χ3n) is 4.68. The van der Waals surface area contributed by atoms with Gasteiger partial charge >= 0.3 is 0 Å². The summed E-state index contributed by atoms with van der Waals surface area (Å²) in [7, 11) is 0. The van der Waals surface area contributed by atoms with Crippen LogP contribution in [0.2, 0.25) is 0 Å². The molecule has 1 aliphatic rings. The number of carbonyl (C=O) groups excluding carboxylic acids is 1. The highest BCUT2D eigenvalue weighted by Gasteiger charge is 2.34. The van der Waals surface area contributed by atoms with Crippen LogP contribution in [0, 0.1) is 5.82 Å². The van der Waals surface area contributed by atoms with Crippen LogP contribution in [-0.4, -0.2) is 23.1 Å². The van der Waals surface area contributed by atoms with Gasteiger partial charge in [-0.3, -0.25) is 4.79 Å². The van der Waals surface area contributed by atoms with E-state index in [9.17, 15) is 9.18 Å². The molecule has 0 unspecified atom stereocenters. The number of para-hydroxylation sites is 1. The third-order valence-corrected chi connectivity index (χ3v) is 5.92. The maximum Gasteiger partial charge on any atom is 0.258 e. The van der Waals surface area contributed by atoms with Crippen molar-refractivity contribution in [1.82, 2.24) is 4.90 Å². The minimum atomic E-state index is -0.489. The van der Waals surface area contributed by atoms with Crippen LogP contribution in [0.5, 0.6) is 5.75 Å². The minimum absolute atomic E-state index is 0.109. The standard InChI is InChI=1S/C23H20FNO2S/c24-20-12-6-4-10-18(20)22(26)25-14-15-28-23(25)19-11-5-7-13-21(19)27-16-17-8-2-1-3-9-17/h1-13,23H,14-16H2/t23-/m0/s1. The van der Waals surface area contributed by atoms with Crippen LogP contribution in [0.15, 0.2) is 78.9 Å². The Morgan fingerprint density at radius 3 is 2.54 bits per heavy atom. The molecule has 0 bridgehead atoms. The van der Waals surface area contributed by atoms with E-state index >= 15 is 0 Å². The predicted molar refractivity (Wildman–Crippen MR) is 110 cm³/mol. The predicted octanol–water partition coefficient (Wildman–Crippen LogP) is 5.29. The summed E-state index contributed by atoms with van der Waals surface area (Å²) in [5.41, 5.74) is 2.12. The number of benzene rings is 3. The lowest BCUT2D eigenvalue weighted by atomic mass is 10.1. The number of amides is 1. The molecule has 1 saturated heterocycles. The Morgan fingerprint density at radius 2 is 1.71 bits per heavy atom. The van der Waals surface area contributed by atoms with E-state index < -0.39 is 5.82 Å². The van der Waals surface area contributed by atoms with Crippen LogP contribution in [0.3, 0.4) is 0 Å². The summed E-state index contributed by atoms with van der Waals surface area (Å²) in [5, 5.41) is -0.195. The largest absolute Gasteiger partial charge is 0.489 e. The molecular weight excluding hydrogens is 373 g/mol. The van der Waals surface area contributed by atoms with Gasteiger partial charge in [-0.15, -0.1) is 11.8 Å². The molecule has 142 valence electrons. The van der Waals surface area contributed by atoms with Crippen molar-refractivity contribution in [3.63, 3.8) is 0 Å². The maximum atomic E-state index is 14.1. The monoisotopic (exact) mass is 393 g/mol. The van der Waals surface area contributed by atoms with Crippen LogP contribution >= 0.6 is 11.8 Å². The Labute approximate surface area is 168 Å². The molecule has 1 amide bonds. The Hall–Kier alpha value is -2.79. The van der Waals surface area contributed by atoms with Gasteiger partial charge in [0.05, 0.1) is 5.56 Å². The molecule has 0 spiro atoms. The Bertz CT molecular complexity index is 964. The molecule has 5 heteroatoms. The van der Waals surface area contributed by atoms with Gasteiger partial charge in [-0.05, 0) is 23.8 Å². The molecule has 1 fully saturated rings. The van der Waals surface area contributed by atoms with Crippen molar-refractivity contribution in [1.29, 1.82) is 0 Å². The summed E-state index contributed by atoms with van der Waals surface area (Å²) < 4.78 is 20.2. The fourth-order valence-corrected chi connectivity index (χ4v) is 4.56. The number of nitrogens with zero attached hydrogens (tertiary/aromatic N) is 1. The van der Waals surface area contributed by atoms with Crippen molar-refractivity contribution in [3.05, 3.63) is 101 Å². The lowest BCUT2D eigenvalue weighted by Gasteiger charge is -2.26. The second kappa shape index (κ2) is 8.48. The van der Waals surface area contributed by atoms with Crippen LogP contribution in [0.4, 0.5) is 4.39 Å². The molecule has 1 heterocycles. The normalized spacial score (nSPS) is 16.2. The SMILES string of the molecule is O=C(c1ccccc1F)N1CCS[C@H]1c1ccccc1OCc1ccccc1. The molecule has 0 aromatic heterocycles. The highest BCUT2D eigenvalue weighted by atomic mass is 32.2. The number of thioether (sulfide) groups is 1. The van der Waals surface area contributed by atoms with Crippen LogP contribution < -0.4 is 4.74 Å². The van der Waals surface area contributed by atoms with E-state index in [1.54, 1.807) is 28.8 Å². The average Bonchev–Trinajstić information content (AvgIpc) is 3.23. The van der Waals surface area contributed by atoms with Gasteiger partial charge in [0.15, 0.2) is 0 Å². The smallest absolute Gasteiger partial charge is 0.258 e. The molecule has 3 nitrogen and oxygen atoms in total. The molecule has 1 aliphatic heterocycles. The van der Waals surface area contributed by atoms with Gasteiger partial charge in [-0.25, -0.2) is 4.39 Å². The van der Waals surface area contributed by atoms with Gasteiger partial charge in [0.25, 0.3) is 5.91 Å². The highest BCUT2D eigenvalue weighted by molar-refractivity contribution is 7.99. The molecule has 0 aliphatic carbocycles. The zero-order chi connectivity index (χ0) is 19.3. The van der Waals surface area contributed by atoms with E-state index in [0.29, 0.717) is 13.2 Å². The molecule has 0 N–H and O–H groups in total. The van der Waals surface area contributed by atoms with Crippen LogP contribution in [-0.2, 0) is 6.61 Å². The quantitative estimate of drug-likeness (QED) is 0.590. The number of hydrogen-bond donors (Lipinski definition) is 0. The fourth-order valence-electron chi connectivity index (χ4n) is 3.28. The first kappa shape index (κ1) is 18.6. The average molecular weight is 393 g/mol. The Balaban J connectivity index is 1.58. The van der Waals surface area contributed by atoms with Crippen molar-refractivity contribution in [2.45, 2.75) is 12.0 Å². The number of halogens is 1. The van der Waals surface area contributed by atoms with Crippen molar-refractivity contribution >= 4 is 17.7 Å². The second-order valence-corrected chi connectivity index (χ2v) is 7.70. The maximum absolute atomic E-state index is 14.1. The van der Waals surface area contributed by atoms with Crippen molar-refractivity contribution in [2.24, 2.45) is 0 Å². The molecule has 28 heavy (non-hydrogen) atoms. The lowest BCUT2D eigenvalue weighted by Crippen LogP contribution is -2.31. The molecule has 0 saturated carbocycles. The first-order chi connectivity index (χ1) is 13.7. The second-order valence-electron chi connectivity index (χ2n) is 6.51. The van der Waals surface area contributed by atoms with Crippen molar-refractivity contribution in [3.8, 4) is 5.75 Å². The summed E-state index contributed by atoms with van der Waals surface area (Å²) in [6.45, 7) is 1.03. The minimum Gasteiger partial charge on any atom is -0.489 e. The number of carbonyl (C=O) groups is 1. The summed E-state index contributed by atoms with van der Waals surface area (Å²) in [6.07, 6.45) is 0. The van der Waals surface area contributed by atoms with Crippen molar-refractivity contribution < 1.29 is 13.9 Å². The Kier molecular flexibility index (Phi) is 5.63. The summed E-state index contributed by atoms with van der Waals surface area (Å²) in [4.78, 5) is 14.7. The number of hydrogen-bond acceptors (Lipinski definition) is 3. The van der Waals surface area contributed by atoms with E-state index in [1.165, 1.54) is 12.1 Å². The van der Waals surface area contributed by atoms with Gasteiger partial charge in [-0.1, -0.05) is 60.7 Å². The third kappa shape index (κ3) is 3.90. The van der Waals surface area contributed by atoms with E-state index in [0.717, 1.165) is 22.6 Å². The molecule has 3 aromatic carbocycles. The Morgan fingerprint density at radius 1 is 1.00 bits per heavy atom. The summed E-state index contributed by atoms with van der Waals surface area (Å²) in [6, 6.07) is 23.9. The van der Waals surface area contributed by atoms with Crippen LogP contribution in [0.25, 0.3) is 0 Å². The van der Waals surface area contributed by atoms with E-state index in [2.05, 4.69) is 0 Å². The van der Waals surface area contributed by atoms with E-state index in [4.69, 9.17) is 4.74 Å². The van der Waals surface area contributed by atoms with Gasteiger partial charge in [0.1, 0.15) is 23.5 Å². The topological polar surface area (TPSA) is 29.5 Å². The molecule has 4 rings (SSSR count). The number of rotatable bonds is 5. The van der Waals surface area contributed by atoms with Gasteiger partial charge in [0.2, 0.25) is 0 Å². The van der Waals surface area contributed by atoms with E-state index in [-0.39, 0.29) is 16.8 Å². The van der Waals surface area contributed by atoms with Gasteiger partial charge in [0, 0.05) is 17.9 Å². The van der Waals surface area contributed by atoms with E-state index in [1.807, 2.05) is 54.6 Å². The van der Waals surface area contributed by atoms with Gasteiger partial charge < -0.3 is 9.64 Å². The molecule has 1 atom stereocenters. The van der Waals surface area contributed by atoms with Crippen LogP contribution in [0.1, 0.15) is 26.9 Å².